The Hall–Kier alpha value is -0.870. The van der Waals surface area contributed by atoms with Crippen LogP contribution in [0.5, 0.6) is 0 Å². The topological polar surface area (TPSA) is 43.4 Å². The largest absolute Gasteiger partial charge is 0.297 e. The summed E-state index contributed by atoms with van der Waals surface area (Å²) in [6.45, 7) is 4.13. The molecule has 0 saturated heterocycles. The van der Waals surface area contributed by atoms with Gasteiger partial charge in [-0.15, -0.1) is 0 Å². The van der Waals surface area contributed by atoms with Crippen molar-refractivity contribution in [1.82, 2.24) is 0 Å². The molecule has 1 unspecified atom stereocenters. The molecule has 0 saturated carbocycles. The molecule has 3 nitrogen and oxygen atoms in total. The maximum Gasteiger partial charge on any atom is 0.297 e. The number of unbranched alkanes of at least 4 members (excludes halogenated alkanes) is 15. The minimum Gasteiger partial charge on any atom is -0.263 e. The van der Waals surface area contributed by atoms with Crippen LogP contribution >= 0.6 is 0 Å². The van der Waals surface area contributed by atoms with Crippen molar-refractivity contribution in [3.05, 3.63) is 30.3 Å². The molecule has 174 valence electrons. The first kappa shape index (κ1) is 27.2. The normalized spacial score (nSPS) is 12.9. The average molecular weight is 439 g/mol. The van der Waals surface area contributed by atoms with E-state index in [0.29, 0.717) is 0 Å². The zero-order valence-corrected chi connectivity index (χ0v) is 20.4. The van der Waals surface area contributed by atoms with Crippen molar-refractivity contribution < 1.29 is 12.6 Å². The predicted octanol–water partition coefficient (Wildman–Crippen LogP) is 8.43. The molecular weight excluding hydrogens is 392 g/mol. The van der Waals surface area contributed by atoms with Gasteiger partial charge in [0.1, 0.15) is 0 Å². The molecular formula is C26H46O3S. The highest BCUT2D eigenvalue weighted by molar-refractivity contribution is 7.86. The lowest BCUT2D eigenvalue weighted by molar-refractivity contribution is 0.213. The second kappa shape index (κ2) is 17.8. The first-order valence-corrected chi connectivity index (χ1v) is 14.0. The van der Waals surface area contributed by atoms with Crippen LogP contribution in [0.4, 0.5) is 0 Å². The number of hydrogen-bond donors (Lipinski definition) is 0. The van der Waals surface area contributed by atoms with Gasteiger partial charge in [-0.3, -0.25) is 4.18 Å². The molecule has 0 N–H and O–H groups in total. The summed E-state index contributed by atoms with van der Waals surface area (Å²) in [5.41, 5.74) is 0. The van der Waals surface area contributed by atoms with E-state index in [4.69, 9.17) is 4.18 Å². The lowest BCUT2D eigenvalue weighted by Crippen LogP contribution is -2.15. The maximum atomic E-state index is 12.2. The lowest BCUT2D eigenvalue weighted by atomic mass is 10.0. The number of hydrogen-bond acceptors (Lipinski definition) is 3. The van der Waals surface area contributed by atoms with Crippen molar-refractivity contribution in [2.24, 2.45) is 0 Å². The maximum absolute atomic E-state index is 12.2. The summed E-state index contributed by atoms with van der Waals surface area (Å²) < 4.78 is 29.7. The molecule has 0 amide bonds. The Morgan fingerprint density at radius 1 is 0.667 bits per heavy atom. The Labute approximate surface area is 187 Å². The average Bonchev–Trinajstić information content (AvgIpc) is 2.73. The quantitative estimate of drug-likeness (QED) is 0.151. The first-order valence-electron chi connectivity index (χ1n) is 12.5. The van der Waals surface area contributed by atoms with E-state index in [1.807, 2.05) is 6.92 Å². The van der Waals surface area contributed by atoms with Crippen LogP contribution in [0.15, 0.2) is 35.2 Å². The van der Waals surface area contributed by atoms with Gasteiger partial charge in [0.2, 0.25) is 0 Å². The molecule has 0 heterocycles. The molecule has 0 aromatic heterocycles. The van der Waals surface area contributed by atoms with Crippen molar-refractivity contribution >= 4 is 10.1 Å². The molecule has 0 aliphatic rings. The van der Waals surface area contributed by atoms with Gasteiger partial charge < -0.3 is 0 Å². The van der Waals surface area contributed by atoms with E-state index >= 15 is 0 Å². The molecule has 1 atom stereocenters. The van der Waals surface area contributed by atoms with Gasteiger partial charge in [-0.1, -0.05) is 128 Å². The first-order chi connectivity index (χ1) is 14.6. The lowest BCUT2D eigenvalue weighted by Gasteiger charge is -2.13. The zero-order chi connectivity index (χ0) is 21.9. The van der Waals surface area contributed by atoms with Crippen LogP contribution in [-0.4, -0.2) is 14.5 Å². The van der Waals surface area contributed by atoms with E-state index in [1.165, 1.54) is 89.9 Å². The van der Waals surface area contributed by atoms with E-state index in [2.05, 4.69) is 6.92 Å². The van der Waals surface area contributed by atoms with Crippen LogP contribution in [0.2, 0.25) is 0 Å². The molecule has 0 aliphatic heterocycles. The summed E-state index contributed by atoms with van der Waals surface area (Å²) in [5, 5.41) is 0. The Balaban J connectivity index is 1.88. The van der Waals surface area contributed by atoms with Gasteiger partial charge in [-0.05, 0) is 25.5 Å². The van der Waals surface area contributed by atoms with Gasteiger partial charge in [0.15, 0.2) is 0 Å². The third-order valence-electron chi connectivity index (χ3n) is 5.79. The van der Waals surface area contributed by atoms with E-state index in [0.717, 1.165) is 19.3 Å². The molecule has 1 aromatic carbocycles. The minimum absolute atomic E-state index is 0.240. The molecule has 4 heteroatoms. The van der Waals surface area contributed by atoms with Gasteiger partial charge >= 0.3 is 0 Å². The number of benzene rings is 1. The van der Waals surface area contributed by atoms with E-state index in [-0.39, 0.29) is 11.0 Å². The van der Waals surface area contributed by atoms with Crippen LogP contribution in [0.3, 0.4) is 0 Å². The summed E-state index contributed by atoms with van der Waals surface area (Å²) in [7, 11) is -3.63. The molecule has 1 aromatic rings. The predicted molar refractivity (Wildman–Crippen MR) is 128 cm³/mol. The van der Waals surface area contributed by atoms with Crippen molar-refractivity contribution in [2.75, 3.05) is 0 Å². The van der Waals surface area contributed by atoms with Crippen molar-refractivity contribution in [3.63, 3.8) is 0 Å². The van der Waals surface area contributed by atoms with Crippen molar-refractivity contribution in [3.8, 4) is 0 Å². The monoisotopic (exact) mass is 438 g/mol. The van der Waals surface area contributed by atoms with Crippen LogP contribution in [0.25, 0.3) is 0 Å². The molecule has 0 spiro atoms. The fourth-order valence-electron chi connectivity index (χ4n) is 3.89. The molecule has 0 bridgehead atoms. The van der Waals surface area contributed by atoms with Crippen LogP contribution in [-0.2, 0) is 14.3 Å². The minimum atomic E-state index is -3.63. The van der Waals surface area contributed by atoms with E-state index in [9.17, 15) is 8.42 Å². The standard InChI is InChI=1S/C26H46O3S/c1-3-4-5-6-7-8-9-10-11-12-13-14-15-16-17-19-22-25(2)29-30(27,28)26-23-20-18-21-24-26/h18,20-21,23-25H,3-17,19,22H2,1-2H3. The van der Waals surface area contributed by atoms with Crippen LogP contribution < -0.4 is 0 Å². The van der Waals surface area contributed by atoms with E-state index < -0.39 is 10.1 Å². The fourth-order valence-corrected chi connectivity index (χ4v) is 5.02. The fraction of sp³-hybridized carbons (Fsp3) is 0.769. The second-order valence-corrected chi connectivity index (χ2v) is 10.3. The summed E-state index contributed by atoms with van der Waals surface area (Å²) >= 11 is 0. The SMILES string of the molecule is CCCCCCCCCCCCCCCCCCC(C)OS(=O)(=O)c1ccccc1. The molecule has 30 heavy (non-hydrogen) atoms. The van der Waals surface area contributed by atoms with E-state index in [1.54, 1.807) is 30.3 Å². The smallest absolute Gasteiger partial charge is 0.263 e. The Kier molecular flexibility index (Phi) is 16.1. The summed E-state index contributed by atoms with van der Waals surface area (Å²) in [6.07, 6.45) is 22.1. The van der Waals surface area contributed by atoms with Gasteiger partial charge in [0.25, 0.3) is 10.1 Å². The second-order valence-electron chi connectivity index (χ2n) is 8.77. The molecule has 0 radical (unpaired) electrons. The third kappa shape index (κ3) is 14.2. The van der Waals surface area contributed by atoms with Crippen molar-refractivity contribution in [2.45, 2.75) is 134 Å². The van der Waals surface area contributed by atoms with Crippen LogP contribution in [0, 0.1) is 0 Å². The van der Waals surface area contributed by atoms with Gasteiger partial charge in [-0.2, -0.15) is 8.42 Å². The molecule has 0 fully saturated rings. The zero-order valence-electron chi connectivity index (χ0n) is 19.6. The highest BCUT2D eigenvalue weighted by atomic mass is 32.2. The van der Waals surface area contributed by atoms with Crippen molar-refractivity contribution in [1.29, 1.82) is 0 Å². The Morgan fingerprint density at radius 3 is 1.50 bits per heavy atom. The molecule has 1 rings (SSSR count). The van der Waals surface area contributed by atoms with Gasteiger partial charge in [0.05, 0.1) is 11.0 Å². The highest BCUT2D eigenvalue weighted by Gasteiger charge is 2.18. The Bertz CT molecular complexity index is 598. The van der Waals surface area contributed by atoms with Gasteiger partial charge in [0, 0.05) is 0 Å². The van der Waals surface area contributed by atoms with Gasteiger partial charge in [-0.25, -0.2) is 0 Å². The summed E-state index contributed by atoms with van der Waals surface area (Å²) in [6, 6.07) is 8.40. The third-order valence-corrected chi connectivity index (χ3v) is 7.22. The molecule has 0 aliphatic carbocycles. The summed E-state index contributed by atoms with van der Waals surface area (Å²) in [4.78, 5) is 0.240. The number of rotatable bonds is 20. The Morgan fingerprint density at radius 2 is 1.07 bits per heavy atom. The summed E-state index contributed by atoms with van der Waals surface area (Å²) in [5.74, 6) is 0. The van der Waals surface area contributed by atoms with Crippen LogP contribution in [0.1, 0.15) is 123 Å². The highest BCUT2D eigenvalue weighted by Crippen LogP contribution is 2.18.